The number of aromatic amines is 1. The fraction of sp³-hybridized carbons (Fsp3) is 0.385. The molecule has 0 saturated heterocycles. The van der Waals surface area contributed by atoms with E-state index in [2.05, 4.69) is 48.7 Å². The van der Waals surface area contributed by atoms with Gasteiger partial charge in [0.25, 0.3) is 0 Å². The van der Waals surface area contributed by atoms with E-state index >= 15 is 0 Å². The number of aromatic nitrogens is 5. The minimum Gasteiger partial charge on any atom is -0.493 e. The van der Waals surface area contributed by atoms with Crippen LogP contribution in [0.3, 0.4) is 0 Å². The summed E-state index contributed by atoms with van der Waals surface area (Å²) in [4.78, 5) is 12.2. The first-order chi connectivity index (χ1) is 17.0. The summed E-state index contributed by atoms with van der Waals surface area (Å²) >= 11 is 0. The molecular weight excluding hydrogens is 442 g/mol. The number of nitrogens with two attached hydrogens (primary N) is 1. The highest BCUT2D eigenvalue weighted by Crippen LogP contribution is 2.44. The standard InChI is InChI=1S/C26H31N7O2/c1-16(2)28-24(34)14-17-6-8-18(9-7-17)26-25(27)21-11-10-20(35-13-12-23-29-31-32-30-23)15-22(21)33(26)19-4-3-5-19/h6-11,15-16,19H,3-5,12-14,27H2,1-2H3,(H,28,34)(H,29,30,31,32). The van der Waals surface area contributed by atoms with Crippen LogP contribution in [-0.2, 0) is 17.6 Å². The van der Waals surface area contributed by atoms with E-state index in [4.69, 9.17) is 10.5 Å². The average molecular weight is 474 g/mol. The predicted molar refractivity (Wildman–Crippen MR) is 135 cm³/mol. The monoisotopic (exact) mass is 473 g/mol. The van der Waals surface area contributed by atoms with Gasteiger partial charge in [0, 0.05) is 35.5 Å². The minimum absolute atomic E-state index is 0.0303. The van der Waals surface area contributed by atoms with Crippen molar-refractivity contribution in [3.8, 4) is 17.0 Å². The van der Waals surface area contributed by atoms with E-state index in [1.165, 1.54) is 6.42 Å². The van der Waals surface area contributed by atoms with Gasteiger partial charge < -0.3 is 20.4 Å². The van der Waals surface area contributed by atoms with Crippen molar-refractivity contribution >= 4 is 22.5 Å². The maximum atomic E-state index is 12.2. The van der Waals surface area contributed by atoms with E-state index < -0.39 is 0 Å². The molecule has 4 N–H and O–H groups in total. The number of anilines is 1. The second-order valence-corrected chi connectivity index (χ2v) is 9.42. The van der Waals surface area contributed by atoms with Crippen molar-refractivity contribution in [2.45, 2.75) is 58.0 Å². The number of nitrogens with one attached hydrogen (secondary N) is 2. The van der Waals surface area contributed by atoms with Gasteiger partial charge in [-0.25, -0.2) is 0 Å². The van der Waals surface area contributed by atoms with Crippen LogP contribution in [-0.4, -0.2) is 43.7 Å². The third kappa shape index (κ3) is 4.84. The molecule has 1 amide bonds. The number of nitrogens with zero attached hydrogens (tertiary/aromatic N) is 4. The molecule has 2 heterocycles. The number of hydrogen-bond acceptors (Lipinski definition) is 6. The Morgan fingerprint density at radius 3 is 2.69 bits per heavy atom. The van der Waals surface area contributed by atoms with Gasteiger partial charge in [0.2, 0.25) is 5.91 Å². The van der Waals surface area contributed by atoms with Crippen LogP contribution in [0, 0.1) is 0 Å². The molecule has 2 aromatic heterocycles. The number of carbonyl (C=O) groups is 1. The van der Waals surface area contributed by atoms with Crippen LogP contribution >= 0.6 is 0 Å². The van der Waals surface area contributed by atoms with E-state index in [0.29, 0.717) is 31.3 Å². The molecule has 9 nitrogen and oxygen atoms in total. The quantitative estimate of drug-likeness (QED) is 0.340. The number of ether oxygens (including phenoxy) is 1. The summed E-state index contributed by atoms with van der Waals surface area (Å²) in [6.45, 7) is 4.39. The van der Waals surface area contributed by atoms with Gasteiger partial charge in [-0.05, 0) is 50.8 Å². The number of benzene rings is 2. The summed E-state index contributed by atoms with van der Waals surface area (Å²) in [5.74, 6) is 1.44. The molecule has 0 aliphatic heterocycles. The molecule has 5 rings (SSSR count). The lowest BCUT2D eigenvalue weighted by molar-refractivity contribution is -0.120. The van der Waals surface area contributed by atoms with Gasteiger partial charge in [-0.1, -0.05) is 29.5 Å². The number of H-pyrrole nitrogens is 1. The van der Waals surface area contributed by atoms with Gasteiger partial charge in [-0.2, -0.15) is 5.21 Å². The second kappa shape index (κ2) is 9.77. The Kier molecular flexibility index (Phi) is 6.39. The third-order valence-electron chi connectivity index (χ3n) is 6.48. The van der Waals surface area contributed by atoms with E-state index in [9.17, 15) is 4.79 Å². The Balaban J connectivity index is 1.43. The molecule has 1 saturated carbocycles. The smallest absolute Gasteiger partial charge is 0.224 e. The summed E-state index contributed by atoms with van der Waals surface area (Å²) in [6, 6.07) is 14.8. The van der Waals surface area contributed by atoms with Gasteiger partial charge in [0.1, 0.15) is 5.75 Å². The van der Waals surface area contributed by atoms with Gasteiger partial charge in [-0.15, -0.1) is 10.2 Å². The van der Waals surface area contributed by atoms with E-state index in [-0.39, 0.29) is 11.9 Å². The lowest BCUT2D eigenvalue weighted by Gasteiger charge is -2.30. The Hall–Kier alpha value is -3.88. The molecule has 1 aliphatic rings. The number of tetrazole rings is 1. The van der Waals surface area contributed by atoms with Gasteiger partial charge in [0.15, 0.2) is 5.82 Å². The molecule has 9 heteroatoms. The minimum atomic E-state index is 0.0303. The first-order valence-corrected chi connectivity index (χ1v) is 12.2. The Labute approximate surface area is 204 Å². The molecule has 2 aromatic carbocycles. The van der Waals surface area contributed by atoms with Crippen molar-refractivity contribution in [1.29, 1.82) is 0 Å². The molecular formula is C26H31N7O2. The van der Waals surface area contributed by atoms with Crippen LogP contribution in [0.15, 0.2) is 42.5 Å². The molecule has 4 aromatic rings. The van der Waals surface area contributed by atoms with Crippen LogP contribution in [0.25, 0.3) is 22.2 Å². The summed E-state index contributed by atoms with van der Waals surface area (Å²) in [5, 5.41) is 17.9. The zero-order chi connectivity index (χ0) is 24.4. The van der Waals surface area contributed by atoms with Crippen molar-refractivity contribution in [1.82, 2.24) is 30.5 Å². The summed E-state index contributed by atoms with van der Waals surface area (Å²) in [7, 11) is 0. The van der Waals surface area contributed by atoms with Crippen LogP contribution in [0.4, 0.5) is 5.69 Å². The Morgan fingerprint density at radius 2 is 2.03 bits per heavy atom. The molecule has 0 atom stereocenters. The fourth-order valence-electron chi connectivity index (χ4n) is 4.61. The molecule has 0 bridgehead atoms. The van der Waals surface area contributed by atoms with Crippen LogP contribution in [0.2, 0.25) is 0 Å². The Morgan fingerprint density at radius 1 is 1.23 bits per heavy atom. The molecule has 35 heavy (non-hydrogen) atoms. The van der Waals surface area contributed by atoms with E-state index in [0.717, 1.165) is 52.0 Å². The van der Waals surface area contributed by atoms with Crippen LogP contribution in [0.1, 0.15) is 50.5 Å². The van der Waals surface area contributed by atoms with Crippen molar-refractivity contribution in [2.24, 2.45) is 0 Å². The molecule has 0 radical (unpaired) electrons. The third-order valence-corrected chi connectivity index (χ3v) is 6.48. The van der Waals surface area contributed by atoms with Gasteiger partial charge >= 0.3 is 0 Å². The number of rotatable bonds is 9. The molecule has 0 spiro atoms. The van der Waals surface area contributed by atoms with E-state index in [1.54, 1.807) is 0 Å². The highest BCUT2D eigenvalue weighted by molar-refractivity contribution is 6.01. The topological polar surface area (TPSA) is 124 Å². The zero-order valence-electron chi connectivity index (χ0n) is 20.1. The average Bonchev–Trinajstić information content (AvgIpc) is 3.40. The van der Waals surface area contributed by atoms with Crippen molar-refractivity contribution in [3.05, 3.63) is 53.9 Å². The zero-order valence-corrected chi connectivity index (χ0v) is 20.1. The van der Waals surface area contributed by atoms with Gasteiger partial charge in [0.05, 0.1) is 29.9 Å². The number of nitrogen functional groups attached to an aromatic ring is 1. The van der Waals surface area contributed by atoms with Crippen molar-refractivity contribution in [3.63, 3.8) is 0 Å². The SMILES string of the molecule is CC(C)NC(=O)Cc1ccc(-c2c(N)c3ccc(OCCc4nn[nH]n4)cc3n2C2CCC2)cc1. The number of fused-ring (bicyclic) bond motifs is 1. The predicted octanol–water partition coefficient (Wildman–Crippen LogP) is 3.82. The number of amides is 1. The van der Waals surface area contributed by atoms with Crippen molar-refractivity contribution in [2.75, 3.05) is 12.3 Å². The largest absolute Gasteiger partial charge is 0.493 e. The first-order valence-electron chi connectivity index (χ1n) is 12.2. The summed E-state index contributed by atoms with van der Waals surface area (Å²) in [5.41, 5.74) is 11.6. The number of hydrogen-bond donors (Lipinski definition) is 3. The number of carbonyl (C=O) groups excluding carboxylic acids is 1. The molecule has 1 aliphatic carbocycles. The second-order valence-electron chi connectivity index (χ2n) is 9.42. The van der Waals surface area contributed by atoms with Crippen LogP contribution in [0.5, 0.6) is 5.75 Å². The van der Waals surface area contributed by atoms with Crippen molar-refractivity contribution < 1.29 is 9.53 Å². The fourth-order valence-corrected chi connectivity index (χ4v) is 4.61. The molecule has 0 unspecified atom stereocenters. The first kappa shape index (κ1) is 22.9. The lowest BCUT2D eigenvalue weighted by Crippen LogP contribution is -2.31. The van der Waals surface area contributed by atoms with Crippen LogP contribution < -0.4 is 15.8 Å². The molecule has 182 valence electrons. The normalized spacial score (nSPS) is 13.8. The lowest BCUT2D eigenvalue weighted by atomic mass is 9.92. The van der Waals surface area contributed by atoms with E-state index in [1.807, 2.05) is 38.1 Å². The molecule has 1 fully saturated rings. The van der Waals surface area contributed by atoms with Gasteiger partial charge in [-0.3, -0.25) is 4.79 Å². The maximum absolute atomic E-state index is 12.2. The summed E-state index contributed by atoms with van der Waals surface area (Å²) < 4.78 is 8.37. The Bertz CT molecular complexity index is 1310. The highest BCUT2D eigenvalue weighted by Gasteiger charge is 2.27. The summed E-state index contributed by atoms with van der Waals surface area (Å²) in [6.07, 6.45) is 4.42. The maximum Gasteiger partial charge on any atom is 0.224 e. The highest BCUT2D eigenvalue weighted by atomic mass is 16.5.